The highest BCUT2D eigenvalue weighted by molar-refractivity contribution is 6.24. The van der Waals surface area contributed by atoms with Crippen LogP contribution in [0, 0.1) is 11.8 Å². The number of likely N-dealkylation sites (N-methyl/N-ethyl adjacent to an activating group) is 1. The molecule has 1 saturated carbocycles. The van der Waals surface area contributed by atoms with Crippen LogP contribution in [0.3, 0.4) is 0 Å². The normalized spacial score (nSPS) is 26.5. The van der Waals surface area contributed by atoms with Gasteiger partial charge in [0.05, 0.1) is 17.3 Å². The van der Waals surface area contributed by atoms with Crippen molar-refractivity contribution in [1.29, 1.82) is 0 Å². The average molecular weight is 557 g/mol. The lowest BCUT2D eigenvalue weighted by Gasteiger charge is -2.50. The van der Waals surface area contributed by atoms with Crippen molar-refractivity contribution in [3.05, 3.63) is 39.7 Å². The molecule has 0 aromatic heterocycles. The Balaban J connectivity index is 1.95. The summed E-state index contributed by atoms with van der Waals surface area (Å²) in [6.45, 7) is 3.89. The third-order valence-corrected chi connectivity index (χ3v) is 8.05. The minimum atomic E-state index is -2.68. The van der Waals surface area contributed by atoms with Gasteiger partial charge >= 0.3 is 0 Å². The summed E-state index contributed by atoms with van der Waals surface area (Å²) in [4.78, 5) is 47.8. The summed E-state index contributed by atoms with van der Waals surface area (Å²) in [5, 5.41) is 49.6. The van der Waals surface area contributed by atoms with Gasteiger partial charge in [-0.2, -0.15) is 0 Å². The topological polar surface area (TPSA) is 186 Å². The van der Waals surface area contributed by atoms with Gasteiger partial charge < -0.3 is 35.9 Å². The highest BCUT2D eigenvalue weighted by Gasteiger charge is 2.64. The van der Waals surface area contributed by atoms with Crippen LogP contribution in [-0.2, 0) is 32.1 Å². The Kier molecular flexibility index (Phi) is 7.46. The molecule has 1 amide bonds. The van der Waals surface area contributed by atoms with Gasteiger partial charge in [-0.25, -0.2) is 0 Å². The number of carbonyl (C=O) groups excluding carboxylic acids is 3. The van der Waals surface area contributed by atoms with Crippen LogP contribution in [0.15, 0.2) is 28.1 Å². The zero-order valence-electron chi connectivity index (χ0n) is 23.5. The molecule has 6 N–H and O–H groups in total. The zero-order chi connectivity index (χ0) is 29.8. The van der Waals surface area contributed by atoms with Crippen LogP contribution >= 0.6 is 0 Å². The number of hydrogen-bond acceptors (Lipinski definition) is 11. The minimum absolute atomic E-state index is 0.0290. The number of amides is 1. The summed E-state index contributed by atoms with van der Waals surface area (Å²) < 4.78 is 0. The number of primary amides is 1. The van der Waals surface area contributed by atoms with E-state index >= 15 is 0 Å². The van der Waals surface area contributed by atoms with Crippen molar-refractivity contribution >= 4 is 34.6 Å². The number of nitrogens with two attached hydrogens (primary N) is 1. The number of fused-ring (bicyclic) bond motifs is 3. The number of oxime groups is 1. The van der Waals surface area contributed by atoms with Crippen LogP contribution in [0.25, 0.3) is 5.76 Å². The number of aromatic hydroxyl groups is 1. The van der Waals surface area contributed by atoms with Crippen molar-refractivity contribution in [2.24, 2.45) is 22.7 Å². The molecular weight excluding hydrogens is 520 g/mol. The number of ketones is 2. The van der Waals surface area contributed by atoms with Gasteiger partial charge in [-0.3, -0.25) is 19.3 Å². The number of phenols is 1. The Bertz CT molecular complexity index is 1390. The number of nitrogens with zero attached hydrogens (tertiary/aromatic N) is 3. The lowest BCUT2D eigenvalue weighted by Crippen LogP contribution is -2.65. The lowest BCUT2D eigenvalue weighted by molar-refractivity contribution is -0.153. The lowest BCUT2D eigenvalue weighted by atomic mass is 9.57. The molecule has 40 heavy (non-hydrogen) atoms. The van der Waals surface area contributed by atoms with Crippen molar-refractivity contribution in [3.63, 3.8) is 0 Å². The van der Waals surface area contributed by atoms with E-state index in [1.807, 2.05) is 19.0 Å². The summed E-state index contributed by atoms with van der Waals surface area (Å²) in [6, 6.07) is 0.660. The Hall–Kier alpha value is -3.90. The molecule has 1 aromatic rings. The van der Waals surface area contributed by atoms with E-state index in [2.05, 4.69) is 5.16 Å². The summed E-state index contributed by atoms with van der Waals surface area (Å²) in [5.74, 6) is -6.77. The number of hydrogen-bond donors (Lipinski definition) is 5. The molecule has 0 spiro atoms. The van der Waals surface area contributed by atoms with Crippen LogP contribution in [0.1, 0.15) is 37.0 Å². The van der Waals surface area contributed by atoms with Gasteiger partial charge in [0.25, 0.3) is 5.91 Å². The second kappa shape index (κ2) is 10.3. The van der Waals surface area contributed by atoms with Crippen LogP contribution in [0.2, 0.25) is 0 Å². The molecule has 0 radical (unpaired) electrons. The molecular formula is C28H36N4O8. The molecule has 0 heterocycles. The fourth-order valence-corrected chi connectivity index (χ4v) is 6.36. The number of rotatable bonds is 7. The molecule has 1 aromatic carbocycles. The van der Waals surface area contributed by atoms with E-state index in [0.29, 0.717) is 29.1 Å². The number of aliphatic hydroxyl groups excluding tert-OH is 2. The standard InChI is InChI=1S/C28H36N4O8/c1-7-40-30-12(2)8-14-11-17(31(3)4)15-9-13-10-16-21(32(5)6)24(35)20(27(29)38)26(37)28(16,39)25(36)18(13)23(34)19(15)22(14)33/h11,13,16,21,33-34,37,39H,7-10H2,1-6H3,(H2,29,38)/b30-12+/t13-,16-,21-,28-/m0/s1. The molecule has 0 bridgehead atoms. The smallest absolute Gasteiger partial charge is 0.255 e. The first-order chi connectivity index (χ1) is 18.7. The van der Waals surface area contributed by atoms with Gasteiger partial charge in [0, 0.05) is 43.3 Å². The molecule has 4 rings (SSSR count). The van der Waals surface area contributed by atoms with E-state index in [1.165, 1.54) is 4.90 Å². The SMILES string of the molecule is CCO/N=C(\C)Cc1cc(N(C)C)c2c(c1O)C(O)=C1C(=O)[C@]3(O)C(O)=C(C(N)=O)C(=O)[C@@H](N(C)C)[C@@H]3C[C@@H]1C2. The van der Waals surface area contributed by atoms with Gasteiger partial charge in [-0.1, -0.05) is 5.16 Å². The Labute approximate surface area is 232 Å². The molecule has 3 aliphatic carbocycles. The predicted molar refractivity (Wildman–Crippen MR) is 147 cm³/mol. The first-order valence-electron chi connectivity index (χ1n) is 13.0. The van der Waals surface area contributed by atoms with Crippen LogP contribution in [0.4, 0.5) is 5.69 Å². The average Bonchev–Trinajstić information content (AvgIpc) is 2.85. The molecule has 4 atom stereocenters. The molecule has 0 saturated heterocycles. The fraction of sp³-hybridized carbons (Fsp3) is 0.500. The molecule has 216 valence electrons. The zero-order valence-corrected chi connectivity index (χ0v) is 23.5. The quantitative estimate of drug-likeness (QED) is 0.184. The molecule has 0 aliphatic heterocycles. The van der Waals surface area contributed by atoms with Crippen molar-refractivity contribution < 1.29 is 39.6 Å². The van der Waals surface area contributed by atoms with E-state index in [-0.39, 0.29) is 36.1 Å². The molecule has 1 fully saturated rings. The van der Waals surface area contributed by atoms with Crippen LogP contribution in [0.5, 0.6) is 5.75 Å². The maximum absolute atomic E-state index is 14.0. The van der Waals surface area contributed by atoms with Gasteiger partial charge in [-0.15, -0.1) is 0 Å². The second-order valence-corrected chi connectivity index (χ2v) is 11.0. The number of anilines is 1. The van der Waals surface area contributed by atoms with Crippen LogP contribution < -0.4 is 10.6 Å². The van der Waals surface area contributed by atoms with Gasteiger partial charge in [-0.05, 0) is 58.3 Å². The largest absolute Gasteiger partial charge is 0.508 e. The monoisotopic (exact) mass is 556 g/mol. The summed E-state index contributed by atoms with van der Waals surface area (Å²) in [5.41, 5.74) is 4.01. The first-order valence-corrected chi connectivity index (χ1v) is 13.0. The number of benzene rings is 1. The van der Waals surface area contributed by atoms with E-state index in [9.17, 15) is 34.8 Å². The van der Waals surface area contributed by atoms with Crippen molar-refractivity contribution in [2.45, 2.75) is 44.8 Å². The highest BCUT2D eigenvalue weighted by atomic mass is 16.6. The molecule has 3 aliphatic rings. The summed E-state index contributed by atoms with van der Waals surface area (Å²) in [6.07, 6.45) is 0.438. The highest BCUT2D eigenvalue weighted by Crippen LogP contribution is 2.54. The Morgan fingerprint density at radius 1 is 1.20 bits per heavy atom. The van der Waals surface area contributed by atoms with Crippen molar-refractivity contribution in [3.8, 4) is 5.75 Å². The third kappa shape index (κ3) is 4.22. The fourth-order valence-electron chi connectivity index (χ4n) is 6.36. The second-order valence-electron chi connectivity index (χ2n) is 11.0. The maximum Gasteiger partial charge on any atom is 0.255 e. The van der Waals surface area contributed by atoms with Gasteiger partial charge in [0.15, 0.2) is 11.4 Å². The minimum Gasteiger partial charge on any atom is -0.508 e. The van der Waals surface area contributed by atoms with Gasteiger partial charge in [0.1, 0.15) is 29.4 Å². The number of Topliss-reactive ketones (excluding diaryl/α,β-unsaturated/α-hetero) is 2. The molecule has 0 unspecified atom stereocenters. The summed E-state index contributed by atoms with van der Waals surface area (Å²) >= 11 is 0. The number of phenolic OH excluding ortho intramolecular Hbond substituents is 1. The van der Waals surface area contributed by atoms with Crippen molar-refractivity contribution in [2.75, 3.05) is 39.7 Å². The van der Waals surface area contributed by atoms with E-state index in [4.69, 9.17) is 10.6 Å². The van der Waals surface area contributed by atoms with E-state index < -0.39 is 58.0 Å². The van der Waals surface area contributed by atoms with Crippen LogP contribution in [-0.4, -0.2) is 95.0 Å². The van der Waals surface area contributed by atoms with E-state index in [0.717, 1.165) is 0 Å². The number of carbonyl (C=O) groups is 3. The van der Waals surface area contributed by atoms with E-state index in [1.54, 1.807) is 34.0 Å². The maximum atomic E-state index is 14.0. The number of aliphatic hydroxyl groups is 3. The first kappa shape index (κ1) is 29.1. The van der Waals surface area contributed by atoms with Gasteiger partial charge in [0.2, 0.25) is 5.78 Å². The Morgan fingerprint density at radius 2 is 1.85 bits per heavy atom. The predicted octanol–water partition coefficient (Wildman–Crippen LogP) is 0.985. The van der Waals surface area contributed by atoms with Crippen molar-refractivity contribution in [1.82, 2.24) is 4.90 Å². The Morgan fingerprint density at radius 3 is 2.40 bits per heavy atom. The summed E-state index contributed by atoms with van der Waals surface area (Å²) in [7, 11) is 6.76. The molecule has 12 heteroatoms. The molecule has 12 nitrogen and oxygen atoms in total. The third-order valence-electron chi connectivity index (χ3n) is 8.05.